The maximum Gasteiger partial charge on any atom is 0.330 e. The Morgan fingerprint density at radius 2 is 2.23 bits per heavy atom. The highest BCUT2D eigenvalue weighted by Crippen LogP contribution is 2.30. The molecule has 0 bridgehead atoms. The molecule has 2 amide bonds. The van der Waals surface area contributed by atoms with E-state index in [2.05, 4.69) is 18.1 Å². The highest BCUT2D eigenvalue weighted by Gasteiger charge is 2.29. The van der Waals surface area contributed by atoms with Gasteiger partial charge in [-0.1, -0.05) is 24.4 Å². The van der Waals surface area contributed by atoms with E-state index in [9.17, 15) is 9.59 Å². The zero-order valence-corrected chi connectivity index (χ0v) is 14.5. The Balaban J connectivity index is 2.34. The first kappa shape index (κ1) is 16.9. The molecule has 118 valence electrons. The van der Waals surface area contributed by atoms with Gasteiger partial charge in [0.25, 0.3) is 0 Å². The summed E-state index contributed by atoms with van der Waals surface area (Å²) in [5, 5.41) is 5.97. The van der Waals surface area contributed by atoms with E-state index in [-0.39, 0.29) is 0 Å². The number of nitrogens with one attached hydrogen (secondary N) is 1. The first-order chi connectivity index (χ1) is 10.5. The Morgan fingerprint density at radius 1 is 1.50 bits per heavy atom. The lowest BCUT2D eigenvalue weighted by atomic mass is 10.1. The van der Waals surface area contributed by atoms with Gasteiger partial charge in [-0.3, -0.25) is 4.31 Å². The number of halogens is 1. The van der Waals surface area contributed by atoms with Gasteiger partial charge < -0.3 is 10.1 Å². The van der Waals surface area contributed by atoms with Gasteiger partial charge in [0.15, 0.2) is 0 Å². The number of esters is 1. The number of fused-ring (bicyclic) bond motifs is 1. The van der Waals surface area contributed by atoms with E-state index in [0.29, 0.717) is 11.4 Å². The molecule has 1 N–H and O–H groups in total. The van der Waals surface area contributed by atoms with E-state index in [1.165, 1.54) is 14.2 Å². The third-order valence-electron chi connectivity index (χ3n) is 3.22. The van der Waals surface area contributed by atoms with Gasteiger partial charge in [0.05, 0.1) is 7.11 Å². The average molecular weight is 359 g/mol. The van der Waals surface area contributed by atoms with Gasteiger partial charge in [-0.25, -0.2) is 9.59 Å². The molecular weight excluding hydrogens is 344 g/mol. The van der Waals surface area contributed by atoms with E-state index >= 15 is 0 Å². The van der Waals surface area contributed by atoms with Crippen molar-refractivity contribution in [3.8, 4) is 0 Å². The van der Waals surface area contributed by atoms with Crippen LogP contribution < -0.4 is 5.32 Å². The van der Waals surface area contributed by atoms with Crippen LogP contribution in [0.3, 0.4) is 0 Å². The van der Waals surface area contributed by atoms with E-state index in [1.807, 2.05) is 23.6 Å². The second kappa shape index (κ2) is 7.21. The van der Waals surface area contributed by atoms with E-state index in [1.54, 1.807) is 11.3 Å². The Bertz CT molecular complexity index is 704. The molecule has 8 heteroatoms. The van der Waals surface area contributed by atoms with Crippen molar-refractivity contribution < 1.29 is 14.3 Å². The topological polar surface area (TPSA) is 58.6 Å². The molecule has 1 unspecified atom stereocenters. The number of amides is 2. The Morgan fingerprint density at radius 3 is 2.86 bits per heavy atom. The number of hydrogen-bond acceptors (Lipinski definition) is 5. The fraction of sp³-hybridized carbons (Fsp3) is 0.286. The second-order valence-electron chi connectivity index (χ2n) is 4.54. The van der Waals surface area contributed by atoms with Gasteiger partial charge in [-0.15, -0.1) is 11.3 Å². The highest BCUT2D eigenvalue weighted by molar-refractivity contribution is 7.78. The van der Waals surface area contributed by atoms with Crippen LogP contribution in [0, 0.1) is 0 Å². The van der Waals surface area contributed by atoms with Crippen LogP contribution in [0.2, 0.25) is 5.02 Å². The third kappa shape index (κ3) is 3.48. The van der Waals surface area contributed by atoms with Crippen molar-refractivity contribution in [3.63, 3.8) is 0 Å². The second-order valence-corrected chi connectivity index (χ2v) is 6.32. The van der Waals surface area contributed by atoms with Crippen molar-refractivity contribution in [3.05, 3.63) is 34.2 Å². The number of methoxy groups -OCH3 is 1. The molecule has 0 aliphatic carbocycles. The molecule has 0 saturated carbocycles. The molecule has 0 aliphatic rings. The first-order valence-corrected chi connectivity index (χ1v) is 8.07. The molecule has 0 radical (unpaired) electrons. The number of hydrogen-bond donors (Lipinski definition) is 2. The van der Waals surface area contributed by atoms with Gasteiger partial charge in [-0.05, 0) is 34.5 Å². The number of carbonyl (C=O) groups excluding carboxylic acids is 2. The summed E-state index contributed by atoms with van der Waals surface area (Å²) >= 11 is 11.7. The number of thiol groups is 1. The van der Waals surface area contributed by atoms with E-state index in [0.717, 1.165) is 20.0 Å². The SMILES string of the molecule is CNC(=O)N(S)C(Cc1csc2ccc(Cl)cc12)C(=O)OC. The summed E-state index contributed by atoms with van der Waals surface area (Å²) in [5.41, 5.74) is 0.917. The Labute approximate surface area is 142 Å². The Hall–Kier alpha value is -1.44. The summed E-state index contributed by atoms with van der Waals surface area (Å²) in [4.78, 5) is 23.7. The standard InChI is InChI=1S/C14H15ClN2O3S2/c1-16-14(19)17(21)11(13(18)20-2)5-8-7-22-12-4-3-9(15)6-10(8)12/h3-4,6-7,11,21H,5H2,1-2H3,(H,16,19). The van der Waals surface area contributed by atoms with Gasteiger partial charge in [-0.2, -0.15) is 0 Å². The predicted octanol–water partition coefficient (Wildman–Crippen LogP) is 3.13. The third-order valence-corrected chi connectivity index (χ3v) is 4.93. The number of thiophene rings is 1. The molecule has 0 aliphatic heterocycles. The molecule has 0 saturated heterocycles. The molecule has 0 spiro atoms. The van der Waals surface area contributed by atoms with Crippen LogP contribution in [-0.4, -0.2) is 36.5 Å². The van der Waals surface area contributed by atoms with Crippen LogP contribution in [0.25, 0.3) is 10.1 Å². The fourth-order valence-electron chi connectivity index (χ4n) is 2.08. The molecule has 5 nitrogen and oxygen atoms in total. The summed E-state index contributed by atoms with van der Waals surface area (Å²) in [7, 11) is 2.75. The predicted molar refractivity (Wildman–Crippen MR) is 91.6 cm³/mol. The van der Waals surface area contributed by atoms with Crippen LogP contribution in [0.5, 0.6) is 0 Å². The van der Waals surface area contributed by atoms with E-state index in [4.69, 9.17) is 16.3 Å². The quantitative estimate of drug-likeness (QED) is 0.652. The lowest BCUT2D eigenvalue weighted by Crippen LogP contribution is -2.44. The normalized spacial score (nSPS) is 12.0. The maximum atomic E-state index is 12.0. The molecule has 1 heterocycles. The highest BCUT2D eigenvalue weighted by atomic mass is 35.5. The minimum Gasteiger partial charge on any atom is -0.467 e. The number of urea groups is 1. The number of ether oxygens (including phenoxy) is 1. The van der Waals surface area contributed by atoms with Crippen molar-refractivity contribution in [1.82, 2.24) is 9.62 Å². The van der Waals surface area contributed by atoms with Gasteiger partial charge in [0.1, 0.15) is 6.04 Å². The summed E-state index contributed by atoms with van der Waals surface area (Å²) in [5.74, 6) is -0.528. The zero-order valence-electron chi connectivity index (χ0n) is 12.0. The monoisotopic (exact) mass is 358 g/mol. The minimum atomic E-state index is -0.829. The van der Waals surface area contributed by atoms with Crippen molar-refractivity contribution >= 4 is 57.8 Å². The average Bonchev–Trinajstić information content (AvgIpc) is 2.92. The maximum absolute atomic E-state index is 12.0. The number of carbonyl (C=O) groups is 2. The molecular formula is C14H15ClN2O3S2. The molecule has 2 aromatic rings. The zero-order chi connectivity index (χ0) is 16.3. The summed E-state index contributed by atoms with van der Waals surface area (Å²) in [6, 6.07) is 4.29. The van der Waals surface area contributed by atoms with Crippen LogP contribution in [0.15, 0.2) is 23.6 Å². The van der Waals surface area contributed by atoms with Crippen molar-refractivity contribution in [2.24, 2.45) is 0 Å². The van der Waals surface area contributed by atoms with Gasteiger partial charge in [0, 0.05) is 23.2 Å². The first-order valence-electron chi connectivity index (χ1n) is 6.41. The largest absolute Gasteiger partial charge is 0.467 e. The number of rotatable bonds is 4. The number of nitrogens with zero attached hydrogens (tertiary/aromatic N) is 1. The van der Waals surface area contributed by atoms with Crippen LogP contribution in [0.1, 0.15) is 5.56 Å². The summed E-state index contributed by atoms with van der Waals surface area (Å²) in [6.07, 6.45) is 0.296. The minimum absolute atomic E-state index is 0.296. The van der Waals surface area contributed by atoms with Crippen molar-refractivity contribution in [2.75, 3.05) is 14.2 Å². The fourth-order valence-corrected chi connectivity index (χ4v) is 3.49. The molecule has 1 aromatic heterocycles. The number of benzene rings is 1. The summed E-state index contributed by atoms with van der Waals surface area (Å²) < 4.78 is 6.89. The lowest BCUT2D eigenvalue weighted by Gasteiger charge is -2.24. The summed E-state index contributed by atoms with van der Waals surface area (Å²) in [6.45, 7) is 0. The van der Waals surface area contributed by atoms with Gasteiger partial charge in [0.2, 0.25) is 0 Å². The van der Waals surface area contributed by atoms with Gasteiger partial charge >= 0.3 is 12.0 Å². The molecule has 0 fully saturated rings. The van der Waals surface area contributed by atoms with Crippen LogP contribution >= 0.6 is 35.8 Å². The van der Waals surface area contributed by atoms with Crippen molar-refractivity contribution in [2.45, 2.75) is 12.5 Å². The van der Waals surface area contributed by atoms with E-state index < -0.39 is 18.0 Å². The smallest absolute Gasteiger partial charge is 0.330 e. The van der Waals surface area contributed by atoms with Crippen molar-refractivity contribution in [1.29, 1.82) is 0 Å². The Kier molecular flexibility index (Phi) is 5.55. The molecule has 22 heavy (non-hydrogen) atoms. The lowest BCUT2D eigenvalue weighted by molar-refractivity contribution is -0.144. The molecule has 1 aromatic carbocycles. The van der Waals surface area contributed by atoms with Crippen LogP contribution in [0.4, 0.5) is 4.79 Å². The van der Waals surface area contributed by atoms with Crippen LogP contribution in [-0.2, 0) is 16.0 Å². The molecule has 2 rings (SSSR count). The molecule has 1 atom stereocenters.